The summed E-state index contributed by atoms with van der Waals surface area (Å²) < 4.78 is 14.4. The van der Waals surface area contributed by atoms with Crippen molar-refractivity contribution in [3.63, 3.8) is 0 Å². The van der Waals surface area contributed by atoms with E-state index < -0.39 is 0 Å². The molecular weight excluding hydrogens is 307 g/mol. The lowest BCUT2D eigenvalue weighted by molar-refractivity contribution is 0.322. The number of hydrogen-bond acceptors (Lipinski definition) is 2. The quantitative estimate of drug-likeness (QED) is 0.904. The van der Waals surface area contributed by atoms with Crippen molar-refractivity contribution in [3.05, 3.63) is 28.5 Å². The van der Waals surface area contributed by atoms with Crippen molar-refractivity contribution >= 4 is 21.6 Å². The van der Waals surface area contributed by atoms with Gasteiger partial charge in [-0.05, 0) is 59.4 Å². The van der Waals surface area contributed by atoms with E-state index in [1.165, 1.54) is 12.5 Å². The lowest BCUT2D eigenvalue weighted by atomic mass is 9.93. The highest BCUT2D eigenvalue weighted by molar-refractivity contribution is 9.10. The normalized spacial score (nSPS) is 23.7. The molecule has 1 aliphatic heterocycles. The van der Waals surface area contributed by atoms with Crippen LogP contribution in [0, 0.1) is 11.7 Å². The van der Waals surface area contributed by atoms with Gasteiger partial charge in [-0.15, -0.1) is 0 Å². The van der Waals surface area contributed by atoms with Gasteiger partial charge in [-0.2, -0.15) is 0 Å². The number of halogens is 2. The van der Waals surface area contributed by atoms with Gasteiger partial charge >= 0.3 is 0 Å². The molecule has 1 aromatic rings. The van der Waals surface area contributed by atoms with E-state index in [2.05, 4.69) is 40.0 Å². The molecule has 0 amide bonds. The minimum Gasteiger partial charge on any atom is -0.370 e. The first-order valence-electron chi connectivity index (χ1n) is 7.05. The Bertz CT molecular complexity index is 425. The summed E-state index contributed by atoms with van der Waals surface area (Å²) in [5.41, 5.74) is 0.973. The monoisotopic (exact) mass is 328 g/mol. The number of benzene rings is 1. The third-order valence-electron chi connectivity index (χ3n) is 3.81. The van der Waals surface area contributed by atoms with Gasteiger partial charge in [0.25, 0.3) is 0 Å². The van der Waals surface area contributed by atoms with Crippen LogP contribution in [0.1, 0.15) is 26.7 Å². The summed E-state index contributed by atoms with van der Waals surface area (Å²) in [6, 6.07) is 5.49. The highest BCUT2D eigenvalue weighted by Crippen LogP contribution is 2.30. The minimum atomic E-state index is -0.169. The molecule has 1 heterocycles. The zero-order valence-corrected chi connectivity index (χ0v) is 13.2. The Hall–Kier alpha value is -0.610. The van der Waals surface area contributed by atoms with Crippen molar-refractivity contribution in [1.29, 1.82) is 0 Å². The Morgan fingerprint density at radius 3 is 2.95 bits per heavy atom. The second-order valence-corrected chi connectivity index (χ2v) is 6.22. The Morgan fingerprint density at radius 2 is 2.26 bits per heavy atom. The molecule has 0 bridgehead atoms. The highest BCUT2D eigenvalue weighted by atomic mass is 79.9. The van der Waals surface area contributed by atoms with E-state index in [4.69, 9.17) is 0 Å². The van der Waals surface area contributed by atoms with Gasteiger partial charge in [0, 0.05) is 23.6 Å². The van der Waals surface area contributed by atoms with Gasteiger partial charge in [-0.25, -0.2) is 4.39 Å². The van der Waals surface area contributed by atoms with Crippen LogP contribution in [0.15, 0.2) is 22.7 Å². The summed E-state index contributed by atoms with van der Waals surface area (Å²) in [7, 11) is 0. The van der Waals surface area contributed by atoms with Crippen molar-refractivity contribution in [2.24, 2.45) is 5.92 Å². The van der Waals surface area contributed by atoms with E-state index >= 15 is 0 Å². The van der Waals surface area contributed by atoms with Crippen molar-refractivity contribution in [2.45, 2.75) is 32.7 Å². The minimum absolute atomic E-state index is 0.169. The average molecular weight is 329 g/mol. The number of nitrogens with one attached hydrogen (secondary N) is 1. The molecule has 0 aromatic heterocycles. The number of piperidine rings is 1. The first kappa shape index (κ1) is 14.8. The summed E-state index contributed by atoms with van der Waals surface area (Å²) in [5.74, 6) is 0.410. The van der Waals surface area contributed by atoms with Gasteiger partial charge in [0.1, 0.15) is 5.82 Å². The molecule has 1 aromatic carbocycles. The van der Waals surface area contributed by atoms with Crippen LogP contribution >= 0.6 is 15.9 Å². The fourth-order valence-electron chi connectivity index (χ4n) is 2.73. The molecule has 0 saturated carbocycles. The van der Waals surface area contributed by atoms with Crippen molar-refractivity contribution in [1.82, 2.24) is 5.32 Å². The van der Waals surface area contributed by atoms with Gasteiger partial charge in [-0.1, -0.05) is 13.8 Å². The zero-order valence-electron chi connectivity index (χ0n) is 11.6. The molecule has 0 aliphatic carbocycles. The summed E-state index contributed by atoms with van der Waals surface area (Å²) in [6.45, 7) is 7.50. The molecule has 1 aliphatic rings. The molecule has 1 saturated heterocycles. The second-order valence-electron chi connectivity index (χ2n) is 5.37. The summed E-state index contributed by atoms with van der Waals surface area (Å²) >= 11 is 3.52. The Kier molecular flexibility index (Phi) is 5.22. The maximum atomic E-state index is 13.4. The van der Waals surface area contributed by atoms with Crippen LogP contribution in [0.5, 0.6) is 0 Å². The molecule has 2 unspecified atom stereocenters. The zero-order chi connectivity index (χ0) is 13.8. The van der Waals surface area contributed by atoms with E-state index in [9.17, 15) is 4.39 Å². The van der Waals surface area contributed by atoms with Crippen LogP contribution < -0.4 is 10.2 Å². The number of nitrogens with zero attached hydrogens (tertiary/aromatic N) is 1. The fraction of sp³-hybridized carbons (Fsp3) is 0.600. The van der Waals surface area contributed by atoms with Gasteiger partial charge in [-0.3, -0.25) is 0 Å². The lowest BCUT2D eigenvalue weighted by Crippen LogP contribution is -2.48. The fourth-order valence-corrected chi connectivity index (χ4v) is 3.22. The van der Waals surface area contributed by atoms with E-state index in [0.29, 0.717) is 12.0 Å². The third-order valence-corrected chi connectivity index (χ3v) is 4.48. The van der Waals surface area contributed by atoms with Gasteiger partial charge in [0.05, 0.1) is 5.69 Å². The molecule has 4 heteroatoms. The lowest BCUT2D eigenvalue weighted by Gasteiger charge is -2.39. The number of rotatable bonds is 4. The van der Waals surface area contributed by atoms with Crippen molar-refractivity contribution in [3.8, 4) is 0 Å². The molecular formula is C15H22BrFN2. The van der Waals surface area contributed by atoms with Crippen LogP contribution in [0.2, 0.25) is 0 Å². The van der Waals surface area contributed by atoms with Gasteiger partial charge in [0.15, 0.2) is 0 Å². The Balaban J connectivity index is 2.03. The molecule has 2 rings (SSSR count). The van der Waals surface area contributed by atoms with Crippen LogP contribution in [0.4, 0.5) is 10.1 Å². The Labute approximate surface area is 123 Å². The summed E-state index contributed by atoms with van der Waals surface area (Å²) in [5, 5.41) is 3.61. The van der Waals surface area contributed by atoms with Crippen molar-refractivity contribution < 1.29 is 4.39 Å². The van der Waals surface area contributed by atoms with E-state index in [1.54, 1.807) is 12.1 Å². The molecule has 106 valence electrons. The van der Waals surface area contributed by atoms with Gasteiger partial charge in [0.2, 0.25) is 0 Å². The molecule has 1 fully saturated rings. The Morgan fingerprint density at radius 1 is 1.47 bits per heavy atom. The van der Waals surface area contributed by atoms with Crippen LogP contribution in [-0.2, 0) is 0 Å². The topological polar surface area (TPSA) is 15.3 Å². The SMILES string of the molecule is CCCNC1CCN(c2cc(F)ccc2Br)CC1C. The molecule has 2 atom stereocenters. The van der Waals surface area contributed by atoms with Gasteiger partial charge < -0.3 is 10.2 Å². The van der Waals surface area contributed by atoms with Crippen LogP contribution in [0.25, 0.3) is 0 Å². The van der Waals surface area contributed by atoms with Crippen molar-refractivity contribution in [2.75, 3.05) is 24.5 Å². The van der Waals surface area contributed by atoms with E-state index in [1.807, 2.05) is 0 Å². The predicted molar refractivity (Wildman–Crippen MR) is 82.2 cm³/mol. The largest absolute Gasteiger partial charge is 0.370 e. The smallest absolute Gasteiger partial charge is 0.125 e. The number of anilines is 1. The van der Waals surface area contributed by atoms with E-state index in [0.717, 1.165) is 36.2 Å². The van der Waals surface area contributed by atoms with Crippen LogP contribution in [0.3, 0.4) is 0 Å². The molecule has 1 N–H and O–H groups in total. The van der Waals surface area contributed by atoms with E-state index in [-0.39, 0.29) is 5.82 Å². The summed E-state index contributed by atoms with van der Waals surface area (Å²) in [6.07, 6.45) is 2.28. The average Bonchev–Trinajstić information content (AvgIpc) is 2.40. The second kappa shape index (κ2) is 6.71. The standard InChI is InChI=1S/C15H22BrFN2/c1-3-7-18-14-6-8-19(10-11(14)2)15-9-12(17)4-5-13(15)16/h4-5,9,11,14,18H,3,6-8,10H2,1-2H3. The molecule has 0 spiro atoms. The van der Waals surface area contributed by atoms with Crippen LogP contribution in [-0.4, -0.2) is 25.7 Å². The first-order chi connectivity index (χ1) is 9.11. The maximum Gasteiger partial charge on any atom is 0.125 e. The number of hydrogen-bond donors (Lipinski definition) is 1. The third kappa shape index (κ3) is 3.69. The highest BCUT2D eigenvalue weighted by Gasteiger charge is 2.26. The predicted octanol–water partition coefficient (Wildman–Crippen LogP) is 3.80. The molecule has 0 radical (unpaired) electrons. The maximum absolute atomic E-state index is 13.4. The first-order valence-corrected chi connectivity index (χ1v) is 7.84. The molecule has 2 nitrogen and oxygen atoms in total. The summed E-state index contributed by atoms with van der Waals surface area (Å²) in [4.78, 5) is 2.28. The molecule has 19 heavy (non-hydrogen) atoms.